The predicted octanol–water partition coefficient (Wildman–Crippen LogP) is 2.99. The largest absolute Gasteiger partial charge is 0.353 e. The second-order valence-corrected chi connectivity index (χ2v) is 6.35. The van der Waals surface area contributed by atoms with Crippen LogP contribution in [0.3, 0.4) is 0 Å². The maximum absolute atomic E-state index is 12.2. The molecule has 0 heterocycles. The molecule has 2 N–H and O–H groups in total. The SMILES string of the molecule is CCCNC1CCC(NC(=O)C2CCCCC2)CC1. The zero-order valence-corrected chi connectivity index (χ0v) is 12.4. The first-order chi connectivity index (χ1) is 9.29. The summed E-state index contributed by atoms with van der Waals surface area (Å²) in [4.78, 5) is 12.2. The van der Waals surface area contributed by atoms with Gasteiger partial charge in [-0.3, -0.25) is 4.79 Å². The average Bonchev–Trinajstić information content (AvgIpc) is 2.47. The topological polar surface area (TPSA) is 41.1 Å². The summed E-state index contributed by atoms with van der Waals surface area (Å²) >= 11 is 0. The molecule has 0 saturated heterocycles. The minimum Gasteiger partial charge on any atom is -0.353 e. The van der Waals surface area contributed by atoms with Crippen LogP contribution in [-0.2, 0) is 4.79 Å². The summed E-state index contributed by atoms with van der Waals surface area (Å²) in [5, 5.41) is 6.89. The fourth-order valence-corrected chi connectivity index (χ4v) is 3.47. The summed E-state index contributed by atoms with van der Waals surface area (Å²) < 4.78 is 0. The van der Waals surface area contributed by atoms with Crippen LogP contribution in [0.5, 0.6) is 0 Å². The van der Waals surface area contributed by atoms with Crippen LogP contribution in [0.2, 0.25) is 0 Å². The van der Waals surface area contributed by atoms with E-state index in [1.807, 2.05) is 0 Å². The maximum atomic E-state index is 12.2. The lowest BCUT2D eigenvalue weighted by molar-refractivity contribution is -0.126. The second kappa shape index (κ2) is 7.88. The van der Waals surface area contributed by atoms with Crippen molar-refractivity contribution >= 4 is 5.91 Å². The number of hydrogen-bond acceptors (Lipinski definition) is 2. The van der Waals surface area contributed by atoms with Crippen LogP contribution in [0.4, 0.5) is 0 Å². The third-order valence-corrected chi connectivity index (χ3v) is 4.73. The maximum Gasteiger partial charge on any atom is 0.223 e. The smallest absolute Gasteiger partial charge is 0.223 e. The highest BCUT2D eigenvalue weighted by atomic mass is 16.1. The van der Waals surface area contributed by atoms with Gasteiger partial charge in [0.15, 0.2) is 0 Å². The van der Waals surface area contributed by atoms with E-state index in [2.05, 4.69) is 17.6 Å². The highest BCUT2D eigenvalue weighted by Crippen LogP contribution is 2.25. The van der Waals surface area contributed by atoms with Crippen LogP contribution in [0.25, 0.3) is 0 Å². The molecule has 2 fully saturated rings. The van der Waals surface area contributed by atoms with E-state index in [9.17, 15) is 4.79 Å². The van der Waals surface area contributed by atoms with Gasteiger partial charge in [0.2, 0.25) is 5.91 Å². The quantitative estimate of drug-likeness (QED) is 0.803. The lowest BCUT2D eigenvalue weighted by Crippen LogP contribution is -2.44. The molecule has 0 aliphatic heterocycles. The molecule has 3 nitrogen and oxygen atoms in total. The number of nitrogens with one attached hydrogen (secondary N) is 2. The molecular formula is C16H30N2O. The molecule has 2 aliphatic carbocycles. The molecule has 2 aliphatic rings. The fourth-order valence-electron chi connectivity index (χ4n) is 3.47. The first kappa shape index (κ1) is 14.8. The van der Waals surface area contributed by atoms with Crippen molar-refractivity contribution in [1.82, 2.24) is 10.6 Å². The van der Waals surface area contributed by atoms with Crippen molar-refractivity contribution in [2.24, 2.45) is 5.92 Å². The van der Waals surface area contributed by atoms with Crippen molar-refractivity contribution in [3.8, 4) is 0 Å². The molecule has 19 heavy (non-hydrogen) atoms. The molecule has 2 saturated carbocycles. The van der Waals surface area contributed by atoms with Crippen molar-refractivity contribution in [2.75, 3.05) is 6.54 Å². The Morgan fingerprint density at radius 1 is 0.947 bits per heavy atom. The van der Waals surface area contributed by atoms with Crippen molar-refractivity contribution in [2.45, 2.75) is 83.2 Å². The lowest BCUT2D eigenvalue weighted by Gasteiger charge is -2.31. The Bertz CT molecular complexity index is 266. The third-order valence-electron chi connectivity index (χ3n) is 4.73. The minimum atomic E-state index is 0.310. The van der Waals surface area contributed by atoms with Gasteiger partial charge in [-0.05, 0) is 51.5 Å². The van der Waals surface area contributed by atoms with Gasteiger partial charge in [0.05, 0.1) is 0 Å². The molecule has 1 amide bonds. The van der Waals surface area contributed by atoms with Crippen LogP contribution in [0, 0.1) is 5.92 Å². The first-order valence-electron chi connectivity index (χ1n) is 8.33. The lowest BCUT2D eigenvalue weighted by atomic mass is 9.87. The van der Waals surface area contributed by atoms with E-state index >= 15 is 0 Å². The molecule has 0 aromatic rings. The van der Waals surface area contributed by atoms with Crippen LogP contribution in [-0.4, -0.2) is 24.5 Å². The normalized spacial score (nSPS) is 29.1. The van der Waals surface area contributed by atoms with Crippen molar-refractivity contribution in [3.63, 3.8) is 0 Å². The fraction of sp³-hybridized carbons (Fsp3) is 0.938. The van der Waals surface area contributed by atoms with Gasteiger partial charge in [-0.25, -0.2) is 0 Å². The van der Waals surface area contributed by atoms with Crippen LogP contribution in [0.15, 0.2) is 0 Å². The van der Waals surface area contributed by atoms with E-state index < -0.39 is 0 Å². The minimum absolute atomic E-state index is 0.310. The van der Waals surface area contributed by atoms with Crippen LogP contribution < -0.4 is 10.6 Å². The van der Waals surface area contributed by atoms with Crippen molar-refractivity contribution in [1.29, 1.82) is 0 Å². The molecule has 0 unspecified atom stereocenters. The zero-order chi connectivity index (χ0) is 13.5. The molecule has 0 radical (unpaired) electrons. The Labute approximate surface area is 117 Å². The molecule has 3 heteroatoms. The predicted molar refractivity (Wildman–Crippen MR) is 79.1 cm³/mol. The number of rotatable bonds is 5. The van der Waals surface area contributed by atoms with Gasteiger partial charge in [-0.1, -0.05) is 26.2 Å². The number of hydrogen-bond donors (Lipinski definition) is 2. The van der Waals surface area contributed by atoms with Gasteiger partial charge in [0.25, 0.3) is 0 Å². The Balaban J connectivity index is 1.65. The number of carbonyl (C=O) groups is 1. The van der Waals surface area contributed by atoms with Crippen molar-refractivity contribution in [3.05, 3.63) is 0 Å². The van der Waals surface area contributed by atoms with Gasteiger partial charge in [0.1, 0.15) is 0 Å². The Morgan fingerprint density at radius 2 is 1.58 bits per heavy atom. The van der Waals surface area contributed by atoms with Crippen molar-refractivity contribution < 1.29 is 4.79 Å². The highest BCUT2D eigenvalue weighted by molar-refractivity contribution is 5.79. The summed E-state index contributed by atoms with van der Waals surface area (Å²) in [5.74, 6) is 0.648. The standard InChI is InChI=1S/C16H30N2O/c1-2-12-17-14-8-10-15(11-9-14)18-16(19)13-6-4-3-5-7-13/h13-15,17H,2-12H2,1H3,(H,18,19). The summed E-state index contributed by atoms with van der Waals surface area (Å²) in [5.41, 5.74) is 0. The molecule has 0 atom stereocenters. The Kier molecular flexibility index (Phi) is 6.15. The molecule has 0 spiro atoms. The van der Waals surface area contributed by atoms with E-state index in [0.29, 0.717) is 23.9 Å². The van der Waals surface area contributed by atoms with Crippen LogP contribution in [0.1, 0.15) is 71.1 Å². The van der Waals surface area contributed by atoms with E-state index in [-0.39, 0.29) is 0 Å². The molecule has 0 bridgehead atoms. The second-order valence-electron chi connectivity index (χ2n) is 6.35. The van der Waals surface area contributed by atoms with Gasteiger partial charge >= 0.3 is 0 Å². The number of carbonyl (C=O) groups excluding carboxylic acids is 1. The molecule has 2 rings (SSSR count). The molecular weight excluding hydrogens is 236 g/mol. The molecule has 0 aromatic heterocycles. The molecule has 110 valence electrons. The molecule has 0 aromatic carbocycles. The summed E-state index contributed by atoms with van der Waals surface area (Å²) in [6.45, 7) is 3.34. The summed E-state index contributed by atoms with van der Waals surface area (Å²) in [7, 11) is 0. The Morgan fingerprint density at radius 3 is 2.21 bits per heavy atom. The summed E-state index contributed by atoms with van der Waals surface area (Å²) in [6.07, 6.45) is 12.0. The number of amides is 1. The van der Waals surface area contributed by atoms with Gasteiger partial charge in [0, 0.05) is 18.0 Å². The van der Waals surface area contributed by atoms with Gasteiger partial charge in [-0.15, -0.1) is 0 Å². The summed E-state index contributed by atoms with van der Waals surface area (Å²) in [6, 6.07) is 1.12. The zero-order valence-electron chi connectivity index (χ0n) is 12.4. The van der Waals surface area contributed by atoms with Gasteiger partial charge < -0.3 is 10.6 Å². The first-order valence-corrected chi connectivity index (χ1v) is 8.33. The van der Waals surface area contributed by atoms with E-state index in [4.69, 9.17) is 0 Å². The van der Waals surface area contributed by atoms with E-state index in [1.165, 1.54) is 38.5 Å². The van der Waals surface area contributed by atoms with Gasteiger partial charge in [-0.2, -0.15) is 0 Å². The van der Waals surface area contributed by atoms with E-state index in [0.717, 1.165) is 32.2 Å². The van der Waals surface area contributed by atoms with Crippen LogP contribution >= 0.6 is 0 Å². The monoisotopic (exact) mass is 266 g/mol. The highest BCUT2D eigenvalue weighted by Gasteiger charge is 2.26. The average molecular weight is 266 g/mol. The third kappa shape index (κ3) is 4.79. The van der Waals surface area contributed by atoms with E-state index in [1.54, 1.807) is 0 Å². The Hall–Kier alpha value is -0.570.